The van der Waals surface area contributed by atoms with Crippen molar-refractivity contribution < 1.29 is 4.92 Å². The summed E-state index contributed by atoms with van der Waals surface area (Å²) in [5, 5.41) is 15.3. The van der Waals surface area contributed by atoms with E-state index in [0.717, 1.165) is 15.2 Å². The van der Waals surface area contributed by atoms with Gasteiger partial charge in [-0.15, -0.1) is 11.3 Å². The predicted octanol–water partition coefficient (Wildman–Crippen LogP) is 3.05. The van der Waals surface area contributed by atoms with Crippen LogP contribution in [0.4, 0.5) is 11.5 Å². The number of aromatic nitrogens is 2. The molecule has 1 aromatic carbocycles. The van der Waals surface area contributed by atoms with Gasteiger partial charge in [-0.05, 0) is 18.2 Å². The van der Waals surface area contributed by atoms with Crippen molar-refractivity contribution in [3.05, 3.63) is 57.7 Å². The highest BCUT2D eigenvalue weighted by molar-refractivity contribution is 7.20. The summed E-state index contributed by atoms with van der Waals surface area (Å²) in [4.78, 5) is 18.3. The van der Waals surface area contributed by atoms with Crippen LogP contribution in [0.15, 0.2) is 47.7 Å². The van der Waals surface area contributed by atoms with Crippen LogP contribution in [0, 0.1) is 10.1 Å². The Hall–Kier alpha value is -2.87. The first kappa shape index (κ1) is 13.1. The van der Waals surface area contributed by atoms with E-state index < -0.39 is 4.92 Å². The molecule has 0 fully saturated rings. The van der Waals surface area contributed by atoms with Crippen LogP contribution in [0.3, 0.4) is 0 Å². The number of hydrazone groups is 1. The normalized spacial score (nSPS) is 11.0. The molecule has 2 aromatic heterocycles. The number of rotatable bonds is 4. The molecule has 104 valence electrons. The summed E-state index contributed by atoms with van der Waals surface area (Å²) in [7, 11) is 0. The number of anilines is 1. The molecule has 0 aliphatic carbocycles. The lowest BCUT2D eigenvalue weighted by Crippen LogP contribution is -1.94. The number of benzene rings is 1. The topological polar surface area (TPSA) is 93.3 Å². The number of nitro groups is 1. The summed E-state index contributed by atoms with van der Waals surface area (Å²) in [5.74, 6) is 0.429. The van der Waals surface area contributed by atoms with Crippen molar-refractivity contribution in [1.29, 1.82) is 0 Å². The molecule has 2 heterocycles. The lowest BCUT2D eigenvalue weighted by atomic mass is 10.3. The molecule has 0 saturated heterocycles. The first-order valence-electron chi connectivity index (χ1n) is 5.97. The quantitative estimate of drug-likeness (QED) is 0.454. The Morgan fingerprint density at radius 2 is 2.14 bits per heavy atom. The van der Waals surface area contributed by atoms with E-state index >= 15 is 0 Å². The Bertz CT molecular complexity index is 780. The molecule has 3 rings (SSSR count). The molecule has 21 heavy (non-hydrogen) atoms. The summed E-state index contributed by atoms with van der Waals surface area (Å²) in [5.41, 5.74) is 3.57. The maximum atomic E-state index is 10.5. The second kappa shape index (κ2) is 5.63. The van der Waals surface area contributed by atoms with Crippen molar-refractivity contribution in [2.75, 3.05) is 5.43 Å². The molecule has 0 radical (unpaired) electrons. The number of fused-ring (bicyclic) bond motifs is 1. The van der Waals surface area contributed by atoms with Crippen LogP contribution < -0.4 is 5.43 Å². The third kappa shape index (κ3) is 3.00. The molecule has 0 bridgehead atoms. The van der Waals surface area contributed by atoms with Crippen LogP contribution in [-0.2, 0) is 0 Å². The second-order valence-electron chi connectivity index (χ2n) is 4.05. The van der Waals surface area contributed by atoms with E-state index in [-0.39, 0.29) is 5.69 Å². The van der Waals surface area contributed by atoms with Gasteiger partial charge in [-0.2, -0.15) is 5.10 Å². The van der Waals surface area contributed by atoms with Gasteiger partial charge in [0.15, 0.2) is 0 Å². The van der Waals surface area contributed by atoms with Gasteiger partial charge in [-0.3, -0.25) is 15.5 Å². The van der Waals surface area contributed by atoms with E-state index in [0.29, 0.717) is 5.82 Å². The number of nitrogens with one attached hydrogen (secondary N) is 1. The molecule has 0 atom stereocenters. The first-order valence-corrected chi connectivity index (χ1v) is 6.79. The van der Waals surface area contributed by atoms with Crippen LogP contribution in [-0.4, -0.2) is 21.1 Å². The third-order valence-corrected chi connectivity index (χ3v) is 3.59. The lowest BCUT2D eigenvalue weighted by Gasteiger charge is -1.97. The van der Waals surface area contributed by atoms with Gasteiger partial charge in [-0.1, -0.05) is 12.1 Å². The molecule has 3 aromatic rings. The molecule has 0 saturated carbocycles. The van der Waals surface area contributed by atoms with E-state index in [4.69, 9.17) is 0 Å². The van der Waals surface area contributed by atoms with Gasteiger partial charge in [0.05, 0.1) is 21.4 Å². The smallest absolute Gasteiger partial charge is 0.261 e. The minimum absolute atomic E-state index is 0.0595. The molecule has 0 amide bonds. The number of nitrogens with zero attached hydrogens (tertiary/aromatic N) is 4. The average Bonchev–Trinajstić information content (AvgIpc) is 2.90. The molecule has 0 aliphatic rings. The maximum absolute atomic E-state index is 10.5. The van der Waals surface area contributed by atoms with E-state index in [1.807, 2.05) is 24.3 Å². The molecule has 0 unspecified atom stereocenters. The monoisotopic (exact) mass is 299 g/mol. The Kier molecular flexibility index (Phi) is 3.52. The van der Waals surface area contributed by atoms with Crippen molar-refractivity contribution >= 4 is 39.3 Å². The van der Waals surface area contributed by atoms with E-state index in [2.05, 4.69) is 20.5 Å². The number of thiazole rings is 1. The molecular weight excluding hydrogens is 290 g/mol. The average molecular weight is 299 g/mol. The zero-order valence-electron chi connectivity index (χ0n) is 10.6. The first-order chi connectivity index (χ1) is 10.2. The van der Waals surface area contributed by atoms with Gasteiger partial charge in [0.2, 0.25) is 0 Å². The Labute approximate surface area is 123 Å². The van der Waals surface area contributed by atoms with Gasteiger partial charge in [0.25, 0.3) is 5.69 Å². The Morgan fingerprint density at radius 1 is 1.29 bits per heavy atom. The van der Waals surface area contributed by atoms with Crippen LogP contribution >= 0.6 is 11.3 Å². The highest BCUT2D eigenvalue weighted by Gasteiger charge is 2.04. The van der Waals surface area contributed by atoms with Gasteiger partial charge in [0.1, 0.15) is 17.0 Å². The molecule has 0 spiro atoms. The highest BCUT2D eigenvalue weighted by Crippen LogP contribution is 2.20. The number of para-hydroxylation sites is 1. The molecule has 7 nitrogen and oxygen atoms in total. The summed E-state index contributed by atoms with van der Waals surface area (Å²) in [6.07, 6.45) is 2.77. The predicted molar refractivity (Wildman–Crippen MR) is 81.7 cm³/mol. The summed E-state index contributed by atoms with van der Waals surface area (Å²) in [6, 6.07) is 10.7. The fourth-order valence-corrected chi connectivity index (χ4v) is 2.50. The highest BCUT2D eigenvalue weighted by atomic mass is 32.1. The number of hydrogen-bond acceptors (Lipinski definition) is 7. The Balaban J connectivity index is 1.70. The number of hydrogen-bond donors (Lipinski definition) is 1. The van der Waals surface area contributed by atoms with Crippen molar-refractivity contribution in [1.82, 2.24) is 9.97 Å². The second-order valence-corrected chi connectivity index (χ2v) is 5.11. The summed E-state index contributed by atoms with van der Waals surface area (Å²) < 4.78 is 1.09. The van der Waals surface area contributed by atoms with E-state index in [9.17, 15) is 10.1 Å². The largest absolute Gasteiger partial charge is 0.287 e. The van der Waals surface area contributed by atoms with Crippen molar-refractivity contribution in [3.8, 4) is 0 Å². The molecule has 8 heteroatoms. The van der Waals surface area contributed by atoms with Crippen LogP contribution in [0.5, 0.6) is 0 Å². The molecular formula is C13H9N5O2S. The number of pyridine rings is 1. The minimum atomic E-state index is -0.499. The van der Waals surface area contributed by atoms with Gasteiger partial charge in [0, 0.05) is 6.07 Å². The zero-order chi connectivity index (χ0) is 14.7. The van der Waals surface area contributed by atoms with Gasteiger partial charge >= 0.3 is 0 Å². The summed E-state index contributed by atoms with van der Waals surface area (Å²) >= 11 is 1.53. The zero-order valence-corrected chi connectivity index (χ0v) is 11.4. The van der Waals surface area contributed by atoms with Crippen molar-refractivity contribution in [2.45, 2.75) is 0 Å². The van der Waals surface area contributed by atoms with Gasteiger partial charge in [-0.25, -0.2) is 9.97 Å². The fraction of sp³-hybridized carbons (Fsp3) is 0. The van der Waals surface area contributed by atoms with E-state index in [1.165, 1.54) is 29.7 Å². The maximum Gasteiger partial charge on any atom is 0.287 e. The van der Waals surface area contributed by atoms with Crippen LogP contribution in [0.1, 0.15) is 5.01 Å². The third-order valence-electron chi connectivity index (χ3n) is 2.62. The lowest BCUT2D eigenvalue weighted by molar-refractivity contribution is -0.385. The summed E-state index contributed by atoms with van der Waals surface area (Å²) in [6.45, 7) is 0. The van der Waals surface area contributed by atoms with Crippen molar-refractivity contribution in [2.24, 2.45) is 5.10 Å². The fourth-order valence-electron chi connectivity index (χ4n) is 1.66. The molecule has 0 aliphatic heterocycles. The van der Waals surface area contributed by atoms with E-state index in [1.54, 1.807) is 6.21 Å². The Morgan fingerprint density at radius 3 is 2.86 bits per heavy atom. The van der Waals surface area contributed by atoms with Crippen LogP contribution in [0.25, 0.3) is 10.2 Å². The molecule has 1 N–H and O–H groups in total. The van der Waals surface area contributed by atoms with Crippen molar-refractivity contribution in [3.63, 3.8) is 0 Å². The standard InChI is InChI=1S/C13H9N5O2S/c19-18(20)9-5-6-12(14-7-9)17-15-8-13-16-10-3-1-2-4-11(10)21-13/h1-8H,(H,14,17)/b15-8+. The van der Waals surface area contributed by atoms with Crippen LogP contribution in [0.2, 0.25) is 0 Å². The van der Waals surface area contributed by atoms with Gasteiger partial charge < -0.3 is 0 Å². The minimum Gasteiger partial charge on any atom is -0.261 e. The SMILES string of the molecule is O=[N+]([O-])c1ccc(N/N=C/c2nc3ccccc3s2)nc1.